The quantitative estimate of drug-likeness (QED) is 0.554. The van der Waals surface area contributed by atoms with Crippen LogP contribution in [0.2, 0.25) is 0 Å². The highest BCUT2D eigenvalue weighted by molar-refractivity contribution is 7.21. The molecule has 0 radical (unpaired) electrons. The fourth-order valence-electron chi connectivity index (χ4n) is 3.38. The van der Waals surface area contributed by atoms with Gasteiger partial charge in [-0.2, -0.15) is 0 Å². The van der Waals surface area contributed by atoms with Crippen molar-refractivity contribution < 1.29 is 9.53 Å². The summed E-state index contributed by atoms with van der Waals surface area (Å²) in [6.07, 6.45) is 0. The number of carbonyl (C=O) groups is 1. The largest absolute Gasteiger partial charge is 0.497 e. The Kier molecular flexibility index (Phi) is 4.88. The number of amides is 1. The maximum atomic E-state index is 12.9. The van der Waals surface area contributed by atoms with E-state index in [1.807, 2.05) is 55.5 Å². The van der Waals surface area contributed by atoms with Crippen LogP contribution in [0.1, 0.15) is 22.2 Å². The smallest absolute Gasteiger partial charge is 0.261 e. The van der Waals surface area contributed by atoms with Crippen molar-refractivity contribution in [3.8, 4) is 5.75 Å². The van der Waals surface area contributed by atoms with E-state index < -0.39 is 0 Å². The zero-order valence-corrected chi connectivity index (χ0v) is 16.5. The Morgan fingerprint density at radius 2 is 1.93 bits per heavy atom. The molecule has 2 heterocycles. The topological polar surface area (TPSA) is 60.3 Å². The minimum atomic E-state index is -0.185. The second kappa shape index (κ2) is 7.48. The van der Waals surface area contributed by atoms with Crippen LogP contribution in [-0.4, -0.2) is 17.6 Å². The van der Waals surface area contributed by atoms with Crippen LogP contribution in [0.3, 0.4) is 0 Å². The molecule has 5 nitrogen and oxygen atoms in total. The molecule has 0 aliphatic heterocycles. The summed E-state index contributed by atoms with van der Waals surface area (Å²) in [5.41, 5.74) is 1.79. The molecule has 0 spiro atoms. The molecule has 1 N–H and O–H groups in total. The average Bonchev–Trinajstić information content (AvgIpc) is 3.19. The van der Waals surface area contributed by atoms with Crippen LogP contribution in [-0.2, 0) is 13.1 Å². The Bertz CT molecular complexity index is 1240. The maximum Gasteiger partial charge on any atom is 0.261 e. The monoisotopic (exact) mass is 392 g/mol. The molecule has 1 amide bonds. The summed E-state index contributed by atoms with van der Waals surface area (Å²) in [6.45, 7) is 2.93. The number of methoxy groups -OCH3 is 1. The normalized spacial score (nSPS) is 11.1. The van der Waals surface area contributed by atoms with Gasteiger partial charge in [0.1, 0.15) is 5.75 Å². The Hall–Kier alpha value is -3.12. The number of aromatic nitrogens is 1. The highest BCUT2D eigenvalue weighted by atomic mass is 32.1. The zero-order chi connectivity index (χ0) is 19.7. The summed E-state index contributed by atoms with van der Waals surface area (Å²) in [6, 6.07) is 17.1. The third-order valence-corrected chi connectivity index (χ3v) is 5.94. The number of carbonyl (C=O) groups excluding carboxylic acids is 1. The van der Waals surface area contributed by atoms with Crippen LogP contribution >= 0.6 is 11.3 Å². The van der Waals surface area contributed by atoms with Gasteiger partial charge in [0.25, 0.3) is 11.5 Å². The van der Waals surface area contributed by atoms with Gasteiger partial charge in [-0.25, -0.2) is 0 Å². The number of hydrogen-bond donors (Lipinski definition) is 1. The molecule has 0 saturated heterocycles. The van der Waals surface area contributed by atoms with E-state index >= 15 is 0 Å². The van der Waals surface area contributed by atoms with E-state index in [-0.39, 0.29) is 11.5 Å². The van der Waals surface area contributed by atoms with E-state index in [2.05, 4.69) is 5.32 Å². The standard InChI is InChI=1S/C22H20N2O3S/c1-3-24-18-10-5-4-9-16(18)20-17(22(24)26)12-19(28-20)21(25)23-13-14-7-6-8-15(11-14)27-2/h4-12H,3,13H2,1-2H3,(H,23,25). The minimum Gasteiger partial charge on any atom is -0.497 e. The molecule has 0 unspecified atom stereocenters. The van der Waals surface area contributed by atoms with Crippen molar-refractivity contribution in [2.24, 2.45) is 0 Å². The van der Waals surface area contributed by atoms with Crippen molar-refractivity contribution in [3.05, 3.63) is 75.4 Å². The van der Waals surface area contributed by atoms with Gasteiger partial charge in [0, 0.05) is 23.2 Å². The third kappa shape index (κ3) is 3.16. The van der Waals surface area contributed by atoms with Crippen LogP contribution in [0.5, 0.6) is 5.75 Å². The van der Waals surface area contributed by atoms with Gasteiger partial charge in [0.2, 0.25) is 0 Å². The molecular formula is C22H20N2O3S. The van der Waals surface area contributed by atoms with E-state index in [9.17, 15) is 9.59 Å². The first-order valence-electron chi connectivity index (χ1n) is 9.08. The van der Waals surface area contributed by atoms with Gasteiger partial charge in [0.05, 0.1) is 22.9 Å². The van der Waals surface area contributed by atoms with Gasteiger partial charge >= 0.3 is 0 Å². The van der Waals surface area contributed by atoms with Crippen LogP contribution in [0.4, 0.5) is 0 Å². The predicted molar refractivity (Wildman–Crippen MR) is 113 cm³/mol. The summed E-state index contributed by atoms with van der Waals surface area (Å²) in [7, 11) is 1.61. The second-order valence-corrected chi connectivity index (χ2v) is 7.51. The summed E-state index contributed by atoms with van der Waals surface area (Å²) < 4.78 is 7.82. The molecule has 0 fully saturated rings. The first-order valence-corrected chi connectivity index (χ1v) is 9.90. The van der Waals surface area contributed by atoms with E-state index in [1.165, 1.54) is 11.3 Å². The SMILES string of the molecule is CCn1c(=O)c2cc(C(=O)NCc3cccc(OC)c3)sc2c2ccccc21. The van der Waals surface area contributed by atoms with Crippen molar-refractivity contribution >= 4 is 38.2 Å². The Labute approximate surface area is 166 Å². The van der Waals surface area contributed by atoms with Gasteiger partial charge < -0.3 is 14.6 Å². The van der Waals surface area contributed by atoms with Gasteiger partial charge in [-0.1, -0.05) is 30.3 Å². The van der Waals surface area contributed by atoms with E-state index in [0.717, 1.165) is 26.9 Å². The average molecular weight is 392 g/mol. The summed E-state index contributed by atoms with van der Waals surface area (Å²) in [5.74, 6) is 0.566. The van der Waals surface area contributed by atoms with Crippen LogP contribution in [0.25, 0.3) is 21.0 Å². The lowest BCUT2D eigenvalue weighted by Crippen LogP contribution is -2.22. The lowest BCUT2D eigenvalue weighted by Gasteiger charge is -2.08. The number of rotatable bonds is 5. The van der Waals surface area contributed by atoms with E-state index in [1.54, 1.807) is 17.7 Å². The number of para-hydroxylation sites is 1. The maximum absolute atomic E-state index is 12.9. The lowest BCUT2D eigenvalue weighted by atomic mass is 10.1. The highest BCUT2D eigenvalue weighted by Gasteiger charge is 2.16. The number of ether oxygens (including phenoxy) is 1. The second-order valence-electron chi connectivity index (χ2n) is 6.45. The number of nitrogens with zero attached hydrogens (tertiary/aromatic N) is 1. The first-order chi connectivity index (χ1) is 13.6. The Morgan fingerprint density at radius 1 is 1.11 bits per heavy atom. The number of thiophene rings is 1. The van der Waals surface area contributed by atoms with Gasteiger partial charge in [0.15, 0.2) is 0 Å². The number of pyridine rings is 1. The molecule has 0 saturated carbocycles. The molecule has 142 valence electrons. The zero-order valence-electron chi connectivity index (χ0n) is 15.7. The lowest BCUT2D eigenvalue weighted by molar-refractivity contribution is 0.0955. The summed E-state index contributed by atoms with van der Waals surface area (Å²) >= 11 is 1.36. The van der Waals surface area contributed by atoms with Crippen molar-refractivity contribution in [3.63, 3.8) is 0 Å². The van der Waals surface area contributed by atoms with Crippen molar-refractivity contribution in [2.45, 2.75) is 20.0 Å². The molecule has 0 atom stereocenters. The minimum absolute atomic E-state index is 0.0562. The Balaban J connectivity index is 1.69. The molecule has 0 bridgehead atoms. The van der Waals surface area contributed by atoms with E-state index in [4.69, 9.17) is 4.74 Å². The van der Waals surface area contributed by atoms with E-state index in [0.29, 0.717) is 23.4 Å². The molecule has 6 heteroatoms. The molecule has 2 aromatic heterocycles. The first kappa shape index (κ1) is 18.3. The summed E-state index contributed by atoms with van der Waals surface area (Å²) in [4.78, 5) is 26.1. The molecule has 2 aromatic carbocycles. The van der Waals surface area contributed by atoms with Gasteiger partial charge in [-0.3, -0.25) is 9.59 Å². The molecule has 0 aliphatic rings. The predicted octanol–water partition coefficient (Wildman–Crippen LogP) is 4.17. The highest BCUT2D eigenvalue weighted by Crippen LogP contribution is 2.30. The number of benzene rings is 2. The molecule has 4 rings (SSSR count). The summed E-state index contributed by atoms with van der Waals surface area (Å²) in [5, 5.41) is 4.52. The van der Waals surface area contributed by atoms with Gasteiger partial charge in [-0.05, 0) is 36.8 Å². The van der Waals surface area contributed by atoms with Gasteiger partial charge in [-0.15, -0.1) is 11.3 Å². The van der Waals surface area contributed by atoms with Crippen LogP contribution in [0, 0.1) is 0 Å². The van der Waals surface area contributed by atoms with Crippen LogP contribution < -0.4 is 15.6 Å². The van der Waals surface area contributed by atoms with Crippen molar-refractivity contribution in [1.29, 1.82) is 0 Å². The third-order valence-electron chi connectivity index (χ3n) is 4.77. The molecule has 0 aliphatic carbocycles. The Morgan fingerprint density at radius 3 is 2.71 bits per heavy atom. The number of fused-ring (bicyclic) bond motifs is 3. The van der Waals surface area contributed by atoms with Crippen LogP contribution in [0.15, 0.2) is 59.4 Å². The fourth-order valence-corrected chi connectivity index (χ4v) is 4.48. The number of hydrogen-bond acceptors (Lipinski definition) is 4. The van der Waals surface area contributed by atoms with Crippen molar-refractivity contribution in [2.75, 3.05) is 7.11 Å². The number of aryl methyl sites for hydroxylation is 1. The molecule has 28 heavy (non-hydrogen) atoms. The van der Waals surface area contributed by atoms with Crippen molar-refractivity contribution in [1.82, 2.24) is 9.88 Å². The molecular weight excluding hydrogens is 372 g/mol. The molecule has 4 aromatic rings. The number of nitrogens with one attached hydrogen (secondary N) is 1. The fraction of sp³-hybridized carbons (Fsp3) is 0.182.